The average molecular weight is 426 g/mol. The SMILES string of the molecule is CC(C)n1nc(C(=O)NNC(=O)CCCOc2ccccc2F)c2ccccc2c1=O. The molecule has 8 nitrogen and oxygen atoms in total. The number of amides is 2. The monoisotopic (exact) mass is 426 g/mol. The quantitative estimate of drug-likeness (QED) is 0.447. The van der Waals surface area contributed by atoms with Gasteiger partial charge in [-0.2, -0.15) is 5.10 Å². The lowest BCUT2D eigenvalue weighted by Crippen LogP contribution is -2.43. The summed E-state index contributed by atoms with van der Waals surface area (Å²) < 4.78 is 20.0. The lowest BCUT2D eigenvalue weighted by atomic mass is 10.1. The first-order valence-corrected chi connectivity index (χ1v) is 9.86. The lowest BCUT2D eigenvalue weighted by molar-refractivity contribution is -0.122. The molecule has 0 unspecified atom stereocenters. The highest BCUT2D eigenvalue weighted by Crippen LogP contribution is 2.16. The second kappa shape index (κ2) is 9.84. The third kappa shape index (κ3) is 5.25. The number of aromatic nitrogens is 2. The maximum atomic E-state index is 13.5. The number of nitrogens with zero attached hydrogens (tertiary/aromatic N) is 2. The Kier molecular flexibility index (Phi) is 6.96. The zero-order valence-corrected chi connectivity index (χ0v) is 17.2. The van der Waals surface area contributed by atoms with Crippen LogP contribution in [0.3, 0.4) is 0 Å². The molecule has 162 valence electrons. The Balaban J connectivity index is 1.58. The fourth-order valence-electron chi connectivity index (χ4n) is 2.95. The third-order valence-electron chi connectivity index (χ3n) is 4.49. The molecule has 0 saturated heterocycles. The van der Waals surface area contributed by atoms with Gasteiger partial charge in [0.15, 0.2) is 17.3 Å². The summed E-state index contributed by atoms with van der Waals surface area (Å²) in [4.78, 5) is 37.2. The van der Waals surface area contributed by atoms with E-state index in [-0.39, 0.29) is 36.1 Å². The molecular weight excluding hydrogens is 403 g/mol. The molecule has 0 aliphatic heterocycles. The van der Waals surface area contributed by atoms with Gasteiger partial charge in [-0.1, -0.05) is 30.3 Å². The van der Waals surface area contributed by atoms with Crippen molar-refractivity contribution >= 4 is 22.6 Å². The van der Waals surface area contributed by atoms with Crippen LogP contribution in [0, 0.1) is 5.82 Å². The molecule has 9 heteroatoms. The number of hydrazine groups is 1. The molecule has 0 saturated carbocycles. The van der Waals surface area contributed by atoms with Crippen molar-refractivity contribution in [2.45, 2.75) is 32.7 Å². The zero-order chi connectivity index (χ0) is 22.4. The number of rotatable bonds is 7. The first-order valence-electron chi connectivity index (χ1n) is 9.86. The van der Waals surface area contributed by atoms with Crippen LogP contribution in [0.4, 0.5) is 4.39 Å². The maximum Gasteiger partial charge on any atom is 0.290 e. The predicted octanol–water partition coefficient (Wildman–Crippen LogP) is 2.74. The maximum absolute atomic E-state index is 13.5. The number of carbonyl (C=O) groups is 2. The predicted molar refractivity (Wildman–Crippen MR) is 113 cm³/mol. The van der Waals surface area contributed by atoms with Gasteiger partial charge >= 0.3 is 0 Å². The van der Waals surface area contributed by atoms with Gasteiger partial charge in [0.2, 0.25) is 5.91 Å². The third-order valence-corrected chi connectivity index (χ3v) is 4.49. The Morgan fingerprint density at radius 1 is 1.06 bits per heavy atom. The summed E-state index contributed by atoms with van der Waals surface area (Å²) in [5.41, 5.74) is 4.39. The van der Waals surface area contributed by atoms with Crippen LogP contribution in [0.2, 0.25) is 0 Å². The van der Waals surface area contributed by atoms with Gasteiger partial charge in [-0.05, 0) is 38.5 Å². The topological polar surface area (TPSA) is 102 Å². The number of benzene rings is 2. The molecule has 1 heterocycles. The van der Waals surface area contributed by atoms with Gasteiger partial charge in [-0.15, -0.1) is 0 Å². The standard InChI is InChI=1S/C22H23FN4O4/c1-14(2)27-22(30)16-9-4-3-8-15(16)20(26-27)21(29)25-24-19(28)12-7-13-31-18-11-6-5-10-17(18)23/h3-6,8-11,14H,7,12-13H2,1-2H3,(H,24,28)(H,25,29). The van der Waals surface area contributed by atoms with Crippen LogP contribution in [-0.2, 0) is 4.79 Å². The van der Waals surface area contributed by atoms with Gasteiger partial charge in [0.05, 0.1) is 18.0 Å². The minimum atomic E-state index is -0.637. The van der Waals surface area contributed by atoms with Crippen molar-refractivity contribution in [2.75, 3.05) is 6.61 Å². The molecule has 2 aromatic carbocycles. The van der Waals surface area contributed by atoms with E-state index in [1.807, 2.05) is 0 Å². The highest BCUT2D eigenvalue weighted by Gasteiger charge is 2.18. The van der Waals surface area contributed by atoms with Crippen LogP contribution in [0.15, 0.2) is 53.3 Å². The average Bonchev–Trinajstić information content (AvgIpc) is 2.76. The summed E-state index contributed by atoms with van der Waals surface area (Å²) in [6, 6.07) is 12.4. The van der Waals surface area contributed by atoms with Crippen LogP contribution in [0.1, 0.15) is 43.2 Å². The fraction of sp³-hybridized carbons (Fsp3) is 0.273. The zero-order valence-electron chi connectivity index (χ0n) is 17.2. The minimum absolute atomic E-state index is 0.0343. The number of para-hydroxylation sites is 1. The number of ether oxygens (including phenoxy) is 1. The molecule has 0 spiro atoms. The molecule has 0 aliphatic carbocycles. The lowest BCUT2D eigenvalue weighted by Gasteiger charge is -2.13. The number of hydrogen-bond acceptors (Lipinski definition) is 5. The number of carbonyl (C=O) groups excluding carboxylic acids is 2. The van der Waals surface area contributed by atoms with Crippen molar-refractivity contribution in [1.29, 1.82) is 0 Å². The van der Waals surface area contributed by atoms with Crippen LogP contribution in [0.5, 0.6) is 5.75 Å². The van der Waals surface area contributed by atoms with Gasteiger partial charge in [-0.25, -0.2) is 9.07 Å². The normalized spacial score (nSPS) is 10.8. The molecule has 0 atom stereocenters. The molecule has 0 aliphatic rings. The summed E-state index contributed by atoms with van der Waals surface area (Å²) >= 11 is 0. The Labute approximate surface area is 178 Å². The van der Waals surface area contributed by atoms with E-state index in [0.717, 1.165) is 0 Å². The van der Waals surface area contributed by atoms with Gasteiger partial charge in [0.25, 0.3) is 11.5 Å². The highest BCUT2D eigenvalue weighted by molar-refractivity contribution is 6.05. The van der Waals surface area contributed by atoms with Crippen molar-refractivity contribution in [3.63, 3.8) is 0 Å². The Morgan fingerprint density at radius 3 is 2.45 bits per heavy atom. The first-order chi connectivity index (χ1) is 14.9. The molecule has 2 amide bonds. The van der Waals surface area contributed by atoms with E-state index < -0.39 is 17.6 Å². The van der Waals surface area contributed by atoms with Crippen molar-refractivity contribution in [1.82, 2.24) is 20.6 Å². The Bertz CT molecular complexity index is 1160. The fourth-order valence-corrected chi connectivity index (χ4v) is 2.95. The van der Waals surface area contributed by atoms with E-state index >= 15 is 0 Å². The molecule has 2 N–H and O–H groups in total. The molecule has 3 rings (SSSR count). The highest BCUT2D eigenvalue weighted by atomic mass is 19.1. The summed E-state index contributed by atoms with van der Waals surface area (Å²) in [7, 11) is 0. The van der Waals surface area contributed by atoms with Gasteiger partial charge < -0.3 is 4.74 Å². The smallest absolute Gasteiger partial charge is 0.290 e. The van der Waals surface area contributed by atoms with Gasteiger partial charge in [-0.3, -0.25) is 25.2 Å². The molecule has 0 bridgehead atoms. The number of nitrogens with one attached hydrogen (secondary N) is 2. The minimum Gasteiger partial charge on any atom is -0.491 e. The van der Waals surface area contributed by atoms with Crippen molar-refractivity contribution < 1.29 is 18.7 Å². The summed E-state index contributed by atoms with van der Waals surface area (Å²) in [6.45, 7) is 3.72. The van der Waals surface area contributed by atoms with Crippen LogP contribution >= 0.6 is 0 Å². The Morgan fingerprint density at radius 2 is 1.74 bits per heavy atom. The summed E-state index contributed by atoms with van der Waals surface area (Å²) in [5.74, 6) is -1.43. The van der Waals surface area contributed by atoms with Crippen molar-refractivity contribution in [3.8, 4) is 5.75 Å². The van der Waals surface area contributed by atoms with Crippen molar-refractivity contribution in [2.24, 2.45) is 0 Å². The molecular formula is C22H23FN4O4. The molecule has 3 aromatic rings. The van der Waals surface area contributed by atoms with Gasteiger partial charge in [0.1, 0.15) is 0 Å². The molecule has 1 aromatic heterocycles. The largest absolute Gasteiger partial charge is 0.491 e. The molecule has 0 radical (unpaired) electrons. The van der Waals surface area contributed by atoms with Crippen LogP contribution in [0.25, 0.3) is 10.8 Å². The molecule has 0 fully saturated rings. The first kappa shape index (κ1) is 21.9. The second-order valence-corrected chi connectivity index (χ2v) is 7.12. The van der Waals surface area contributed by atoms with Crippen LogP contribution in [-0.4, -0.2) is 28.2 Å². The summed E-state index contributed by atoms with van der Waals surface area (Å²) in [5, 5.41) is 4.95. The van der Waals surface area contributed by atoms with E-state index in [2.05, 4.69) is 16.0 Å². The number of hydrogen-bond donors (Lipinski definition) is 2. The second-order valence-electron chi connectivity index (χ2n) is 7.12. The van der Waals surface area contributed by atoms with E-state index in [9.17, 15) is 18.8 Å². The van der Waals surface area contributed by atoms with Crippen molar-refractivity contribution in [3.05, 3.63) is 70.4 Å². The Hall–Kier alpha value is -3.75. The van der Waals surface area contributed by atoms with E-state index in [1.165, 1.54) is 16.8 Å². The summed E-state index contributed by atoms with van der Waals surface area (Å²) in [6.07, 6.45) is 0.393. The van der Waals surface area contributed by atoms with E-state index in [0.29, 0.717) is 17.2 Å². The van der Waals surface area contributed by atoms with E-state index in [4.69, 9.17) is 4.74 Å². The van der Waals surface area contributed by atoms with Crippen LogP contribution < -0.4 is 21.1 Å². The van der Waals surface area contributed by atoms with Gasteiger partial charge in [0, 0.05) is 11.8 Å². The van der Waals surface area contributed by atoms with E-state index in [1.54, 1.807) is 50.2 Å². The number of halogens is 1. The number of fused-ring (bicyclic) bond motifs is 1. The molecule has 31 heavy (non-hydrogen) atoms.